The third kappa shape index (κ3) is 4.41. The van der Waals surface area contributed by atoms with Gasteiger partial charge in [0.2, 0.25) is 11.8 Å². The molecule has 2 N–H and O–H groups in total. The van der Waals surface area contributed by atoms with Crippen molar-refractivity contribution in [3.63, 3.8) is 0 Å². The van der Waals surface area contributed by atoms with Gasteiger partial charge >= 0.3 is 0 Å². The molecule has 1 aromatic carbocycles. The molecule has 0 aromatic heterocycles. The molecule has 0 aliphatic carbocycles. The number of rotatable bonds is 6. The molecule has 0 fully saturated rings. The smallest absolute Gasteiger partial charge is 0.268 e. The van der Waals surface area contributed by atoms with Gasteiger partial charge in [0.15, 0.2) is 0 Å². The number of hydrazone groups is 1. The van der Waals surface area contributed by atoms with Crippen LogP contribution in [0, 0.1) is 0 Å². The molecule has 0 saturated heterocycles. The van der Waals surface area contributed by atoms with Crippen LogP contribution >= 0.6 is 0 Å². The lowest BCUT2D eigenvalue weighted by molar-refractivity contribution is -0.126. The molecule has 1 heterocycles. The number of hydrogen-bond acceptors (Lipinski definition) is 4. The Kier molecular flexibility index (Phi) is 6.06. The van der Waals surface area contributed by atoms with E-state index in [0.29, 0.717) is 12.2 Å². The predicted octanol–water partition coefficient (Wildman–Crippen LogP) is 1.20. The van der Waals surface area contributed by atoms with Crippen molar-refractivity contribution < 1.29 is 14.4 Å². The van der Waals surface area contributed by atoms with Crippen LogP contribution in [0.3, 0.4) is 0 Å². The second-order valence-electron chi connectivity index (χ2n) is 5.57. The normalized spacial score (nSPS) is 15.5. The predicted molar refractivity (Wildman–Crippen MR) is 91.5 cm³/mol. The molecule has 1 aliphatic rings. The highest BCUT2D eigenvalue weighted by Gasteiger charge is 2.27. The molecule has 3 amide bonds. The Hall–Kier alpha value is -2.70. The van der Waals surface area contributed by atoms with Gasteiger partial charge in [0.25, 0.3) is 5.91 Å². The third-order valence-corrected chi connectivity index (χ3v) is 3.59. The lowest BCUT2D eigenvalue weighted by Gasteiger charge is -2.23. The zero-order valence-corrected chi connectivity index (χ0v) is 13.9. The van der Waals surface area contributed by atoms with Crippen molar-refractivity contribution in [3.05, 3.63) is 30.3 Å². The monoisotopic (exact) mass is 330 g/mol. The van der Waals surface area contributed by atoms with Crippen molar-refractivity contribution in [1.29, 1.82) is 0 Å². The Balaban J connectivity index is 2.06. The quantitative estimate of drug-likeness (QED) is 0.821. The van der Waals surface area contributed by atoms with Gasteiger partial charge in [-0.2, -0.15) is 5.10 Å². The van der Waals surface area contributed by atoms with Gasteiger partial charge in [0.05, 0.1) is 5.69 Å². The molecule has 1 aliphatic heterocycles. The largest absolute Gasteiger partial charge is 0.354 e. The van der Waals surface area contributed by atoms with Gasteiger partial charge in [-0.1, -0.05) is 25.1 Å². The maximum Gasteiger partial charge on any atom is 0.268 e. The van der Waals surface area contributed by atoms with E-state index in [1.165, 1.54) is 5.01 Å². The zero-order chi connectivity index (χ0) is 17.5. The highest BCUT2D eigenvalue weighted by Crippen LogP contribution is 2.19. The summed E-state index contributed by atoms with van der Waals surface area (Å²) in [5.74, 6) is -0.827. The number of benzene rings is 1. The lowest BCUT2D eigenvalue weighted by Crippen LogP contribution is -2.48. The Morgan fingerprint density at radius 3 is 2.62 bits per heavy atom. The van der Waals surface area contributed by atoms with E-state index in [4.69, 9.17) is 0 Å². The van der Waals surface area contributed by atoms with Crippen LogP contribution in [0.25, 0.3) is 0 Å². The van der Waals surface area contributed by atoms with Gasteiger partial charge in [-0.15, -0.1) is 0 Å². The first-order valence-corrected chi connectivity index (χ1v) is 8.07. The molecule has 24 heavy (non-hydrogen) atoms. The van der Waals surface area contributed by atoms with Crippen LogP contribution in [0.15, 0.2) is 35.4 Å². The standard InChI is InChI=1S/C17H22N4O3/c1-3-11-18-16(23)12(2)19-17(24)14-9-10-15(22)21(20-14)13-7-5-4-6-8-13/h4-8,12H,3,9-11H2,1-2H3,(H,18,23)(H,19,24)/t12-/m1/s1. The molecule has 0 spiro atoms. The van der Waals surface area contributed by atoms with Crippen molar-refractivity contribution >= 4 is 29.1 Å². The Morgan fingerprint density at radius 1 is 1.25 bits per heavy atom. The average molecular weight is 330 g/mol. The molecule has 2 rings (SSSR count). The molecule has 0 radical (unpaired) electrons. The topological polar surface area (TPSA) is 90.9 Å². The van der Waals surface area contributed by atoms with Gasteiger partial charge in [0, 0.05) is 19.4 Å². The van der Waals surface area contributed by atoms with E-state index < -0.39 is 11.9 Å². The summed E-state index contributed by atoms with van der Waals surface area (Å²) in [7, 11) is 0. The van der Waals surface area contributed by atoms with E-state index in [0.717, 1.165) is 6.42 Å². The first kappa shape index (κ1) is 17.7. The van der Waals surface area contributed by atoms with Gasteiger partial charge < -0.3 is 10.6 Å². The summed E-state index contributed by atoms with van der Waals surface area (Å²) >= 11 is 0. The maximum absolute atomic E-state index is 12.3. The van der Waals surface area contributed by atoms with Crippen LogP contribution in [0.2, 0.25) is 0 Å². The summed E-state index contributed by atoms with van der Waals surface area (Å²) in [6.07, 6.45) is 1.29. The molecule has 0 unspecified atom stereocenters. The molecule has 128 valence electrons. The van der Waals surface area contributed by atoms with Crippen molar-refractivity contribution in [2.24, 2.45) is 5.10 Å². The summed E-state index contributed by atoms with van der Waals surface area (Å²) in [6, 6.07) is 8.28. The van der Waals surface area contributed by atoms with Crippen LogP contribution in [0.4, 0.5) is 5.69 Å². The number of nitrogens with zero attached hydrogens (tertiary/aromatic N) is 2. The van der Waals surface area contributed by atoms with Crippen LogP contribution in [-0.2, 0) is 14.4 Å². The summed E-state index contributed by atoms with van der Waals surface area (Å²) in [4.78, 5) is 36.2. The van der Waals surface area contributed by atoms with Gasteiger partial charge in [0.1, 0.15) is 11.8 Å². The number of nitrogens with one attached hydrogen (secondary N) is 2. The first-order chi connectivity index (χ1) is 11.5. The molecule has 0 saturated carbocycles. The van der Waals surface area contributed by atoms with Gasteiger partial charge in [-0.3, -0.25) is 14.4 Å². The van der Waals surface area contributed by atoms with Crippen LogP contribution in [0.1, 0.15) is 33.1 Å². The molecule has 7 heteroatoms. The summed E-state index contributed by atoms with van der Waals surface area (Å²) in [5, 5.41) is 10.7. The summed E-state index contributed by atoms with van der Waals surface area (Å²) < 4.78 is 0. The van der Waals surface area contributed by atoms with E-state index in [1.54, 1.807) is 31.2 Å². The van der Waals surface area contributed by atoms with Crippen LogP contribution in [-0.4, -0.2) is 36.0 Å². The van der Waals surface area contributed by atoms with E-state index in [-0.39, 0.29) is 30.4 Å². The minimum Gasteiger partial charge on any atom is -0.354 e. The van der Waals surface area contributed by atoms with E-state index >= 15 is 0 Å². The number of anilines is 1. The molecule has 1 aromatic rings. The zero-order valence-electron chi connectivity index (χ0n) is 13.9. The van der Waals surface area contributed by atoms with Crippen LogP contribution < -0.4 is 15.6 Å². The van der Waals surface area contributed by atoms with Crippen LogP contribution in [0.5, 0.6) is 0 Å². The number of amides is 3. The van der Waals surface area contributed by atoms with Crippen molar-refractivity contribution in [3.8, 4) is 0 Å². The maximum atomic E-state index is 12.3. The number of para-hydroxylation sites is 1. The lowest BCUT2D eigenvalue weighted by atomic mass is 10.1. The molecule has 0 bridgehead atoms. The summed E-state index contributed by atoms with van der Waals surface area (Å²) in [5.41, 5.74) is 0.856. The van der Waals surface area contributed by atoms with Gasteiger partial charge in [-0.05, 0) is 25.5 Å². The van der Waals surface area contributed by atoms with E-state index in [1.807, 2.05) is 13.0 Å². The first-order valence-electron chi connectivity index (χ1n) is 8.07. The third-order valence-electron chi connectivity index (χ3n) is 3.59. The SMILES string of the molecule is CCCNC(=O)[C@@H](C)NC(=O)C1=NN(c2ccccc2)C(=O)CC1. The highest BCUT2D eigenvalue weighted by atomic mass is 16.2. The molecular weight excluding hydrogens is 308 g/mol. The Bertz CT molecular complexity index is 642. The molecule has 7 nitrogen and oxygen atoms in total. The fourth-order valence-corrected chi connectivity index (χ4v) is 2.23. The Morgan fingerprint density at radius 2 is 1.96 bits per heavy atom. The Labute approximate surface area is 141 Å². The molecule has 1 atom stereocenters. The van der Waals surface area contributed by atoms with Crippen molar-refractivity contribution in [2.45, 2.75) is 39.2 Å². The second kappa shape index (κ2) is 8.24. The fourth-order valence-electron chi connectivity index (χ4n) is 2.23. The fraction of sp³-hybridized carbons (Fsp3) is 0.412. The average Bonchev–Trinajstić information content (AvgIpc) is 2.60. The highest BCUT2D eigenvalue weighted by molar-refractivity contribution is 6.40. The minimum absolute atomic E-state index is 0.161. The van der Waals surface area contributed by atoms with Crippen molar-refractivity contribution in [1.82, 2.24) is 10.6 Å². The number of hydrogen-bond donors (Lipinski definition) is 2. The van der Waals surface area contributed by atoms with E-state index in [9.17, 15) is 14.4 Å². The number of carbonyl (C=O) groups excluding carboxylic acids is 3. The summed E-state index contributed by atoms with van der Waals surface area (Å²) in [6.45, 7) is 4.14. The second-order valence-corrected chi connectivity index (χ2v) is 5.57. The van der Waals surface area contributed by atoms with Gasteiger partial charge in [-0.25, -0.2) is 5.01 Å². The number of carbonyl (C=O) groups is 3. The van der Waals surface area contributed by atoms with E-state index in [2.05, 4.69) is 15.7 Å². The minimum atomic E-state index is -0.658. The molecular formula is C17H22N4O3. The van der Waals surface area contributed by atoms with Crippen molar-refractivity contribution in [2.75, 3.05) is 11.6 Å².